The van der Waals surface area contributed by atoms with Crippen molar-refractivity contribution in [3.8, 4) is 0 Å². The van der Waals surface area contributed by atoms with Crippen LogP contribution >= 0.6 is 11.8 Å². The average molecular weight is 489 g/mol. The van der Waals surface area contributed by atoms with Gasteiger partial charge in [0.15, 0.2) is 5.16 Å². The van der Waals surface area contributed by atoms with Gasteiger partial charge in [-0.05, 0) is 50.6 Å². The van der Waals surface area contributed by atoms with E-state index >= 15 is 0 Å². The standard InChI is InChI=1S/C23H28N4O4S2/c1-4-27-21-10-9-18(33(29,30)26-11-13-31-14-12-26)15-20(21)25-23(27)32-17(3)22(28)24-19-8-6-5-7-16(19)2/h5-10,15,17H,4,11-14H2,1-3H3,(H,24,28). The van der Waals surface area contributed by atoms with Crippen LogP contribution < -0.4 is 5.32 Å². The summed E-state index contributed by atoms with van der Waals surface area (Å²) in [5, 5.41) is 3.27. The van der Waals surface area contributed by atoms with E-state index in [1.165, 1.54) is 16.1 Å². The highest BCUT2D eigenvalue weighted by molar-refractivity contribution is 8.00. The summed E-state index contributed by atoms with van der Waals surface area (Å²) in [7, 11) is -3.61. The lowest BCUT2D eigenvalue weighted by atomic mass is 10.2. The summed E-state index contributed by atoms with van der Waals surface area (Å²) in [6.45, 7) is 7.93. The number of sulfonamides is 1. The molecule has 3 aromatic rings. The first-order chi connectivity index (χ1) is 15.8. The highest BCUT2D eigenvalue weighted by Crippen LogP contribution is 2.30. The zero-order chi connectivity index (χ0) is 23.6. The van der Waals surface area contributed by atoms with E-state index in [1.807, 2.05) is 49.6 Å². The quantitative estimate of drug-likeness (QED) is 0.512. The fraction of sp³-hybridized carbons (Fsp3) is 0.391. The highest BCUT2D eigenvalue weighted by Gasteiger charge is 2.27. The van der Waals surface area contributed by atoms with Crippen molar-refractivity contribution in [2.24, 2.45) is 0 Å². The Labute approximate surface area is 198 Å². The number of benzene rings is 2. The number of aryl methyl sites for hydroxylation is 2. The second-order valence-electron chi connectivity index (χ2n) is 7.87. The van der Waals surface area contributed by atoms with Crippen LogP contribution in [0.5, 0.6) is 0 Å². The molecule has 1 aliphatic heterocycles. The number of para-hydroxylation sites is 1. The van der Waals surface area contributed by atoms with Gasteiger partial charge in [-0.3, -0.25) is 4.79 Å². The van der Waals surface area contributed by atoms with Gasteiger partial charge in [0, 0.05) is 25.3 Å². The van der Waals surface area contributed by atoms with Crippen molar-refractivity contribution in [3.63, 3.8) is 0 Å². The van der Waals surface area contributed by atoms with Crippen LogP contribution in [0.4, 0.5) is 5.69 Å². The van der Waals surface area contributed by atoms with Crippen LogP contribution in [0.1, 0.15) is 19.4 Å². The van der Waals surface area contributed by atoms with E-state index in [2.05, 4.69) is 10.3 Å². The summed E-state index contributed by atoms with van der Waals surface area (Å²) in [6.07, 6.45) is 0. The Balaban J connectivity index is 1.57. The third-order valence-corrected chi connectivity index (χ3v) is 8.65. The van der Waals surface area contributed by atoms with Gasteiger partial charge in [-0.25, -0.2) is 13.4 Å². The minimum absolute atomic E-state index is 0.111. The second-order valence-corrected chi connectivity index (χ2v) is 11.1. The topological polar surface area (TPSA) is 93.5 Å². The highest BCUT2D eigenvalue weighted by atomic mass is 32.2. The molecule has 176 valence electrons. The van der Waals surface area contributed by atoms with E-state index in [0.29, 0.717) is 43.5 Å². The Morgan fingerprint density at radius 2 is 1.94 bits per heavy atom. The zero-order valence-corrected chi connectivity index (χ0v) is 20.6. The average Bonchev–Trinajstić information content (AvgIpc) is 3.17. The molecular formula is C23H28N4O4S2. The summed E-state index contributed by atoms with van der Waals surface area (Å²) in [4.78, 5) is 17.7. The molecule has 0 spiro atoms. The van der Waals surface area contributed by atoms with Gasteiger partial charge in [-0.1, -0.05) is 30.0 Å². The van der Waals surface area contributed by atoms with Crippen molar-refractivity contribution in [3.05, 3.63) is 48.0 Å². The molecule has 2 aromatic carbocycles. The first kappa shape index (κ1) is 23.7. The molecule has 1 amide bonds. The zero-order valence-electron chi connectivity index (χ0n) is 18.9. The van der Waals surface area contributed by atoms with Crippen LogP contribution in [-0.2, 0) is 26.1 Å². The Morgan fingerprint density at radius 3 is 2.64 bits per heavy atom. The van der Waals surface area contributed by atoms with Crippen LogP contribution in [0, 0.1) is 6.92 Å². The van der Waals surface area contributed by atoms with Gasteiger partial charge in [0.25, 0.3) is 0 Å². The fourth-order valence-corrected chi connectivity index (χ4v) is 6.16. The minimum Gasteiger partial charge on any atom is -0.379 e. The van der Waals surface area contributed by atoms with Gasteiger partial charge in [0.05, 0.1) is 34.4 Å². The maximum absolute atomic E-state index is 13.0. The fourth-order valence-electron chi connectivity index (χ4n) is 3.74. The summed E-state index contributed by atoms with van der Waals surface area (Å²) in [6, 6.07) is 12.7. The molecule has 1 aromatic heterocycles. The molecule has 0 radical (unpaired) electrons. The molecule has 10 heteroatoms. The lowest BCUT2D eigenvalue weighted by molar-refractivity contribution is -0.115. The van der Waals surface area contributed by atoms with Crippen molar-refractivity contribution < 1.29 is 17.9 Å². The molecule has 0 aliphatic carbocycles. The number of hydrogen-bond acceptors (Lipinski definition) is 6. The Hall–Kier alpha value is -2.40. The molecule has 1 fully saturated rings. The predicted molar refractivity (Wildman–Crippen MR) is 130 cm³/mol. The van der Waals surface area contributed by atoms with E-state index in [9.17, 15) is 13.2 Å². The van der Waals surface area contributed by atoms with Crippen molar-refractivity contribution in [2.45, 2.75) is 42.6 Å². The maximum atomic E-state index is 13.0. The Morgan fingerprint density at radius 1 is 1.21 bits per heavy atom. The first-order valence-corrected chi connectivity index (χ1v) is 13.2. The van der Waals surface area contributed by atoms with Gasteiger partial charge in [-0.2, -0.15) is 4.31 Å². The summed E-state index contributed by atoms with van der Waals surface area (Å²) < 4.78 is 34.8. The summed E-state index contributed by atoms with van der Waals surface area (Å²) in [5.74, 6) is -0.111. The largest absolute Gasteiger partial charge is 0.379 e. The third-order valence-electron chi connectivity index (χ3n) is 5.66. The molecule has 4 rings (SSSR count). The van der Waals surface area contributed by atoms with E-state index in [1.54, 1.807) is 18.2 Å². The van der Waals surface area contributed by atoms with Crippen LogP contribution in [0.3, 0.4) is 0 Å². The van der Waals surface area contributed by atoms with Crippen LogP contribution in [0.2, 0.25) is 0 Å². The number of ether oxygens (including phenoxy) is 1. The van der Waals surface area contributed by atoms with Crippen LogP contribution in [0.15, 0.2) is 52.5 Å². The molecule has 0 saturated carbocycles. The van der Waals surface area contributed by atoms with Crippen molar-refractivity contribution in [1.29, 1.82) is 0 Å². The van der Waals surface area contributed by atoms with E-state index in [4.69, 9.17) is 4.74 Å². The summed E-state index contributed by atoms with van der Waals surface area (Å²) in [5.41, 5.74) is 3.22. The van der Waals surface area contributed by atoms with E-state index < -0.39 is 10.0 Å². The molecule has 1 aliphatic rings. The molecule has 1 saturated heterocycles. The van der Waals surface area contributed by atoms with E-state index in [-0.39, 0.29) is 16.1 Å². The predicted octanol–water partition coefficient (Wildman–Crippen LogP) is 3.50. The minimum atomic E-state index is -3.61. The van der Waals surface area contributed by atoms with Gasteiger partial charge < -0.3 is 14.6 Å². The number of anilines is 1. The molecule has 0 bridgehead atoms. The molecule has 33 heavy (non-hydrogen) atoms. The smallest absolute Gasteiger partial charge is 0.243 e. The van der Waals surface area contributed by atoms with Crippen molar-refractivity contribution >= 4 is 44.4 Å². The number of carbonyl (C=O) groups is 1. The van der Waals surface area contributed by atoms with Gasteiger partial charge >= 0.3 is 0 Å². The van der Waals surface area contributed by atoms with E-state index in [0.717, 1.165) is 16.8 Å². The van der Waals surface area contributed by atoms with Crippen LogP contribution in [-0.4, -0.2) is 59.7 Å². The SMILES string of the molecule is CCn1c(SC(C)C(=O)Nc2ccccc2C)nc2cc(S(=O)(=O)N3CCOCC3)ccc21. The maximum Gasteiger partial charge on any atom is 0.243 e. The lowest BCUT2D eigenvalue weighted by Crippen LogP contribution is -2.40. The number of imidazole rings is 1. The Bertz CT molecular complexity index is 1270. The number of fused-ring (bicyclic) bond motifs is 1. The summed E-state index contributed by atoms with van der Waals surface area (Å²) >= 11 is 1.36. The molecule has 1 atom stereocenters. The molecule has 1 unspecified atom stereocenters. The van der Waals surface area contributed by atoms with Crippen molar-refractivity contribution in [2.75, 3.05) is 31.6 Å². The number of thioether (sulfide) groups is 1. The van der Waals surface area contributed by atoms with Gasteiger partial charge in [-0.15, -0.1) is 0 Å². The number of rotatable bonds is 7. The van der Waals surface area contributed by atoms with Crippen LogP contribution in [0.25, 0.3) is 11.0 Å². The number of nitrogens with one attached hydrogen (secondary N) is 1. The third kappa shape index (κ3) is 4.93. The molecular weight excluding hydrogens is 460 g/mol. The number of aromatic nitrogens is 2. The number of amides is 1. The number of hydrogen-bond donors (Lipinski definition) is 1. The molecule has 1 N–H and O–H groups in total. The normalized spacial score (nSPS) is 16.1. The molecule has 2 heterocycles. The van der Waals surface area contributed by atoms with Crippen molar-refractivity contribution in [1.82, 2.24) is 13.9 Å². The number of carbonyl (C=O) groups excluding carboxylic acids is 1. The lowest BCUT2D eigenvalue weighted by Gasteiger charge is -2.26. The first-order valence-electron chi connectivity index (χ1n) is 10.9. The molecule has 8 nitrogen and oxygen atoms in total. The van der Waals surface area contributed by atoms with Gasteiger partial charge in [0.2, 0.25) is 15.9 Å². The number of morpholine rings is 1. The number of nitrogens with zero attached hydrogens (tertiary/aromatic N) is 3. The van der Waals surface area contributed by atoms with Gasteiger partial charge in [0.1, 0.15) is 0 Å². The monoisotopic (exact) mass is 488 g/mol. The Kier molecular flexibility index (Phi) is 7.08. The second kappa shape index (κ2) is 9.84.